The number of carbonyl (C=O) groups is 1. The van der Waals surface area contributed by atoms with Crippen molar-refractivity contribution in [3.63, 3.8) is 0 Å². The molecule has 28 heavy (non-hydrogen) atoms. The molecule has 0 bridgehead atoms. The summed E-state index contributed by atoms with van der Waals surface area (Å²) < 4.78 is 5.22. The third-order valence-electron chi connectivity index (χ3n) is 4.83. The molecule has 1 aliphatic rings. The van der Waals surface area contributed by atoms with Gasteiger partial charge in [0, 0.05) is 29.1 Å². The van der Waals surface area contributed by atoms with Crippen LogP contribution in [0.1, 0.15) is 21.7 Å². The lowest BCUT2D eigenvalue weighted by atomic mass is 10.1. The molecule has 0 atom stereocenters. The fraction of sp³-hybridized carbons (Fsp3) is 0.273. The third-order valence-corrected chi connectivity index (χ3v) is 5.96. The van der Waals surface area contributed by atoms with Crippen molar-refractivity contribution < 1.29 is 9.53 Å². The first-order chi connectivity index (χ1) is 13.5. The highest BCUT2D eigenvalue weighted by molar-refractivity contribution is 7.15. The van der Waals surface area contributed by atoms with E-state index in [-0.39, 0.29) is 6.03 Å². The predicted molar refractivity (Wildman–Crippen MR) is 113 cm³/mol. The number of anilines is 1. The van der Waals surface area contributed by atoms with E-state index in [4.69, 9.17) is 9.72 Å². The summed E-state index contributed by atoms with van der Waals surface area (Å²) >= 11 is 1.66. The fourth-order valence-corrected chi connectivity index (χ4v) is 4.60. The zero-order chi connectivity index (χ0) is 19.7. The van der Waals surface area contributed by atoms with Gasteiger partial charge >= 0.3 is 6.03 Å². The second kappa shape index (κ2) is 7.64. The summed E-state index contributed by atoms with van der Waals surface area (Å²) in [7, 11) is 1.66. The first-order valence-electron chi connectivity index (χ1n) is 9.29. The fourth-order valence-electron chi connectivity index (χ4n) is 3.48. The van der Waals surface area contributed by atoms with Gasteiger partial charge in [-0.2, -0.15) is 0 Å². The van der Waals surface area contributed by atoms with Crippen LogP contribution in [0.15, 0.2) is 42.5 Å². The van der Waals surface area contributed by atoms with E-state index in [1.54, 1.807) is 18.4 Å². The molecule has 2 heterocycles. The molecule has 1 aromatic heterocycles. The zero-order valence-corrected chi connectivity index (χ0v) is 17.1. The third kappa shape index (κ3) is 3.87. The monoisotopic (exact) mass is 393 g/mol. The molecule has 2 aromatic carbocycles. The summed E-state index contributed by atoms with van der Waals surface area (Å²) in [5.74, 6) is 0.833. The van der Waals surface area contributed by atoms with Gasteiger partial charge in [0.05, 0.1) is 19.3 Å². The van der Waals surface area contributed by atoms with Crippen molar-refractivity contribution in [3.8, 4) is 16.3 Å². The molecular weight excluding hydrogens is 370 g/mol. The molecule has 0 saturated heterocycles. The van der Waals surface area contributed by atoms with Crippen molar-refractivity contribution in [2.75, 3.05) is 19.0 Å². The molecule has 4 rings (SSSR count). The minimum atomic E-state index is -0.0601. The first-order valence-corrected chi connectivity index (χ1v) is 10.1. The number of urea groups is 1. The number of amides is 2. The molecular formula is C22H23N3O2S. The van der Waals surface area contributed by atoms with E-state index < -0.39 is 0 Å². The molecule has 0 saturated carbocycles. The van der Waals surface area contributed by atoms with Crippen LogP contribution in [0.2, 0.25) is 0 Å². The van der Waals surface area contributed by atoms with Crippen molar-refractivity contribution in [2.24, 2.45) is 0 Å². The number of fused-ring (bicyclic) bond motifs is 1. The molecule has 1 aliphatic heterocycles. The van der Waals surface area contributed by atoms with E-state index in [1.807, 2.05) is 55.1 Å². The summed E-state index contributed by atoms with van der Waals surface area (Å²) in [6.07, 6.45) is 0.780. The van der Waals surface area contributed by atoms with E-state index in [1.165, 1.54) is 0 Å². The lowest BCUT2D eigenvalue weighted by Crippen LogP contribution is -2.38. The Bertz CT molecular complexity index is 991. The summed E-state index contributed by atoms with van der Waals surface area (Å²) in [5.41, 5.74) is 5.31. The van der Waals surface area contributed by atoms with Crippen LogP contribution in [0.3, 0.4) is 0 Å². The average Bonchev–Trinajstić information content (AvgIpc) is 3.10. The zero-order valence-electron chi connectivity index (χ0n) is 16.3. The van der Waals surface area contributed by atoms with Crippen LogP contribution >= 0.6 is 11.3 Å². The van der Waals surface area contributed by atoms with Gasteiger partial charge in [0.1, 0.15) is 10.8 Å². The predicted octanol–water partition coefficient (Wildman–Crippen LogP) is 5.03. The van der Waals surface area contributed by atoms with E-state index in [0.717, 1.165) is 50.1 Å². The second-order valence-corrected chi connectivity index (χ2v) is 8.18. The topological polar surface area (TPSA) is 54.5 Å². The number of nitrogens with one attached hydrogen (secondary N) is 1. The number of hydrogen-bond donors (Lipinski definition) is 1. The quantitative estimate of drug-likeness (QED) is 0.679. The van der Waals surface area contributed by atoms with Gasteiger partial charge in [-0.15, -0.1) is 11.3 Å². The van der Waals surface area contributed by atoms with E-state index in [2.05, 4.69) is 11.4 Å². The van der Waals surface area contributed by atoms with Crippen LogP contribution in [-0.2, 0) is 13.0 Å². The molecule has 1 N–H and O–H groups in total. The van der Waals surface area contributed by atoms with Crippen LogP contribution in [-0.4, -0.2) is 29.6 Å². The molecule has 0 radical (unpaired) electrons. The molecule has 0 fully saturated rings. The molecule has 3 aromatic rings. The Balaban J connectivity index is 1.48. The Hall–Kier alpha value is -2.86. The number of rotatable bonds is 3. The number of methoxy groups -OCH3 is 1. The SMILES string of the molecule is COc1ccc(-c2nc3c(s2)CN(C(=O)Nc2cc(C)cc(C)c2)CC3)cc1. The van der Waals surface area contributed by atoms with Gasteiger partial charge < -0.3 is 15.0 Å². The number of ether oxygens (including phenoxy) is 1. The van der Waals surface area contributed by atoms with Crippen LogP contribution in [0.5, 0.6) is 5.75 Å². The highest BCUT2D eigenvalue weighted by Gasteiger charge is 2.24. The molecule has 6 heteroatoms. The second-order valence-electron chi connectivity index (χ2n) is 7.10. The van der Waals surface area contributed by atoms with Crippen molar-refractivity contribution >= 4 is 23.1 Å². The van der Waals surface area contributed by atoms with Crippen LogP contribution < -0.4 is 10.1 Å². The van der Waals surface area contributed by atoms with Crippen molar-refractivity contribution in [1.82, 2.24) is 9.88 Å². The minimum Gasteiger partial charge on any atom is -0.497 e. The van der Waals surface area contributed by atoms with Gasteiger partial charge in [0.2, 0.25) is 0 Å². The van der Waals surface area contributed by atoms with Gasteiger partial charge in [-0.1, -0.05) is 6.07 Å². The van der Waals surface area contributed by atoms with Gasteiger partial charge in [-0.25, -0.2) is 9.78 Å². The molecule has 0 spiro atoms. The van der Waals surface area contributed by atoms with E-state index in [0.29, 0.717) is 13.1 Å². The van der Waals surface area contributed by atoms with Gasteiger partial charge in [-0.3, -0.25) is 0 Å². The summed E-state index contributed by atoms with van der Waals surface area (Å²) in [6, 6.07) is 14.0. The van der Waals surface area contributed by atoms with Crippen LogP contribution in [0.4, 0.5) is 10.5 Å². The lowest BCUT2D eigenvalue weighted by molar-refractivity contribution is 0.207. The largest absolute Gasteiger partial charge is 0.497 e. The lowest BCUT2D eigenvalue weighted by Gasteiger charge is -2.26. The summed E-state index contributed by atoms with van der Waals surface area (Å²) in [4.78, 5) is 20.5. The Labute approximate surface area is 169 Å². The number of carbonyl (C=O) groups excluding carboxylic acids is 1. The Kier molecular flexibility index (Phi) is 5.05. The average molecular weight is 394 g/mol. The van der Waals surface area contributed by atoms with E-state index >= 15 is 0 Å². The smallest absolute Gasteiger partial charge is 0.322 e. The van der Waals surface area contributed by atoms with Crippen molar-refractivity contribution in [3.05, 3.63) is 64.2 Å². The highest BCUT2D eigenvalue weighted by Crippen LogP contribution is 2.32. The Morgan fingerprint density at radius 2 is 1.86 bits per heavy atom. The maximum absolute atomic E-state index is 12.7. The molecule has 0 aliphatic carbocycles. The number of thiazole rings is 1. The number of aromatic nitrogens is 1. The summed E-state index contributed by atoms with van der Waals surface area (Å²) in [5, 5.41) is 4.02. The van der Waals surface area contributed by atoms with Gasteiger partial charge in [0.15, 0.2) is 0 Å². The minimum absolute atomic E-state index is 0.0601. The van der Waals surface area contributed by atoms with Gasteiger partial charge in [-0.05, 0) is 61.4 Å². The Morgan fingerprint density at radius 3 is 2.54 bits per heavy atom. The number of aryl methyl sites for hydroxylation is 2. The molecule has 2 amide bonds. The normalized spacial score (nSPS) is 13.2. The highest BCUT2D eigenvalue weighted by atomic mass is 32.1. The van der Waals surface area contributed by atoms with Crippen LogP contribution in [0, 0.1) is 13.8 Å². The maximum Gasteiger partial charge on any atom is 0.322 e. The summed E-state index contributed by atoms with van der Waals surface area (Å²) in [6.45, 7) is 5.34. The van der Waals surface area contributed by atoms with Crippen LogP contribution in [0.25, 0.3) is 10.6 Å². The number of nitrogens with zero attached hydrogens (tertiary/aromatic N) is 2. The number of benzene rings is 2. The van der Waals surface area contributed by atoms with E-state index in [9.17, 15) is 4.79 Å². The first kappa shape index (κ1) is 18.5. The molecule has 144 valence electrons. The number of hydrogen-bond acceptors (Lipinski definition) is 4. The molecule has 5 nitrogen and oxygen atoms in total. The Morgan fingerprint density at radius 1 is 1.14 bits per heavy atom. The standard InChI is InChI=1S/C22H23N3O2S/c1-14-10-15(2)12-17(11-14)23-22(26)25-9-8-19-20(13-25)28-21(24-19)16-4-6-18(27-3)7-5-16/h4-7,10-12H,8-9,13H2,1-3H3,(H,23,26). The van der Waals surface area contributed by atoms with Crippen molar-refractivity contribution in [2.45, 2.75) is 26.8 Å². The molecule has 0 unspecified atom stereocenters. The van der Waals surface area contributed by atoms with Crippen molar-refractivity contribution in [1.29, 1.82) is 0 Å². The maximum atomic E-state index is 12.7. The van der Waals surface area contributed by atoms with Gasteiger partial charge in [0.25, 0.3) is 0 Å².